The van der Waals surface area contributed by atoms with Gasteiger partial charge in [0, 0.05) is 13.1 Å². The van der Waals surface area contributed by atoms with E-state index in [1.807, 2.05) is 5.38 Å². The zero-order valence-corrected chi connectivity index (χ0v) is 15.7. The van der Waals surface area contributed by atoms with Gasteiger partial charge in [-0.25, -0.2) is 9.97 Å². The quantitative estimate of drug-likeness (QED) is 0.830. The van der Waals surface area contributed by atoms with Crippen molar-refractivity contribution in [2.45, 2.75) is 31.7 Å². The highest BCUT2D eigenvalue weighted by Crippen LogP contribution is 2.31. The van der Waals surface area contributed by atoms with E-state index in [0.717, 1.165) is 61.5 Å². The van der Waals surface area contributed by atoms with Gasteiger partial charge in [0.1, 0.15) is 23.0 Å². The fraction of sp³-hybridized carbons (Fsp3) is 0.588. The Balaban J connectivity index is 0.00000182. The van der Waals surface area contributed by atoms with E-state index in [1.54, 1.807) is 17.7 Å². The van der Waals surface area contributed by atoms with Crippen LogP contribution < -0.4 is 15.5 Å². The first kappa shape index (κ1) is 18.4. The van der Waals surface area contributed by atoms with Crippen LogP contribution in [0.5, 0.6) is 0 Å². The number of fused-ring (bicyclic) bond motifs is 1. The molecule has 0 saturated carbocycles. The summed E-state index contributed by atoms with van der Waals surface area (Å²) in [6, 6.07) is 1.94. The Morgan fingerprint density at radius 3 is 3.16 bits per heavy atom. The Morgan fingerprint density at radius 2 is 2.32 bits per heavy atom. The lowest BCUT2D eigenvalue weighted by Crippen LogP contribution is -2.44. The van der Waals surface area contributed by atoms with E-state index in [4.69, 9.17) is 0 Å². The summed E-state index contributed by atoms with van der Waals surface area (Å²) in [6.45, 7) is 3.85. The SMILES string of the molecule is Cl.O=C(NCCC1CCNC1)C1CCCN1c1ncnc2sccc12. The Hall–Kier alpha value is -1.44. The molecule has 4 heterocycles. The van der Waals surface area contributed by atoms with Gasteiger partial charge in [0.25, 0.3) is 0 Å². The largest absolute Gasteiger partial charge is 0.354 e. The predicted molar refractivity (Wildman–Crippen MR) is 104 cm³/mol. The van der Waals surface area contributed by atoms with Crippen molar-refractivity contribution in [3.63, 3.8) is 0 Å². The Morgan fingerprint density at radius 1 is 1.40 bits per heavy atom. The molecule has 2 aliphatic rings. The van der Waals surface area contributed by atoms with Crippen molar-refractivity contribution in [1.29, 1.82) is 0 Å². The standard InChI is InChI=1S/C17H23N5OS.ClH/c23-16(19-7-4-12-3-6-18-10-12)14-2-1-8-22(14)15-13-5-9-24-17(13)21-11-20-15;/h5,9,11-12,14,18H,1-4,6-8,10H2,(H,19,23);1H. The first-order chi connectivity index (χ1) is 11.8. The molecular formula is C17H24ClN5OS. The Labute approximate surface area is 157 Å². The lowest BCUT2D eigenvalue weighted by molar-refractivity contribution is -0.122. The zero-order chi connectivity index (χ0) is 16.4. The average Bonchev–Trinajstić information content (AvgIpc) is 3.34. The number of halogens is 1. The van der Waals surface area contributed by atoms with Crippen molar-refractivity contribution in [2.75, 3.05) is 31.1 Å². The normalized spacial score (nSPS) is 23.0. The van der Waals surface area contributed by atoms with Crippen LogP contribution >= 0.6 is 23.7 Å². The van der Waals surface area contributed by atoms with E-state index in [2.05, 4.69) is 31.6 Å². The summed E-state index contributed by atoms with van der Waals surface area (Å²) in [5.74, 6) is 1.75. The van der Waals surface area contributed by atoms with Gasteiger partial charge in [0.05, 0.1) is 5.39 Å². The molecule has 4 rings (SSSR count). The van der Waals surface area contributed by atoms with Crippen LogP contribution in [0.4, 0.5) is 5.82 Å². The van der Waals surface area contributed by atoms with Crippen LogP contribution in [0.1, 0.15) is 25.7 Å². The van der Waals surface area contributed by atoms with Gasteiger partial charge < -0.3 is 15.5 Å². The number of anilines is 1. The van der Waals surface area contributed by atoms with Crippen molar-refractivity contribution in [3.8, 4) is 0 Å². The molecule has 0 aromatic carbocycles. The average molecular weight is 382 g/mol. The summed E-state index contributed by atoms with van der Waals surface area (Å²) in [4.78, 5) is 24.6. The minimum Gasteiger partial charge on any atom is -0.354 e. The van der Waals surface area contributed by atoms with E-state index in [-0.39, 0.29) is 24.4 Å². The second kappa shape index (κ2) is 8.29. The summed E-state index contributed by atoms with van der Waals surface area (Å²) in [6.07, 6.45) is 5.82. The summed E-state index contributed by atoms with van der Waals surface area (Å²) < 4.78 is 0. The van der Waals surface area contributed by atoms with Crippen LogP contribution in [0, 0.1) is 5.92 Å². The highest BCUT2D eigenvalue weighted by Gasteiger charge is 2.32. The summed E-state index contributed by atoms with van der Waals surface area (Å²) >= 11 is 1.61. The molecule has 2 aromatic rings. The molecule has 2 fully saturated rings. The number of carbonyl (C=O) groups excluding carboxylic acids is 1. The molecule has 2 aromatic heterocycles. The minimum atomic E-state index is -0.107. The molecule has 2 N–H and O–H groups in total. The van der Waals surface area contributed by atoms with Crippen LogP contribution in [0.2, 0.25) is 0 Å². The van der Waals surface area contributed by atoms with Crippen molar-refractivity contribution in [1.82, 2.24) is 20.6 Å². The molecule has 0 aliphatic carbocycles. The second-order valence-corrected chi connectivity index (χ2v) is 7.52. The maximum Gasteiger partial charge on any atom is 0.242 e. The zero-order valence-electron chi connectivity index (χ0n) is 14.1. The van der Waals surface area contributed by atoms with Gasteiger partial charge in [0.2, 0.25) is 5.91 Å². The van der Waals surface area contributed by atoms with E-state index < -0.39 is 0 Å². The number of nitrogens with one attached hydrogen (secondary N) is 2. The number of aromatic nitrogens is 2. The van der Waals surface area contributed by atoms with Gasteiger partial charge in [-0.3, -0.25) is 4.79 Å². The molecule has 1 amide bonds. The second-order valence-electron chi connectivity index (χ2n) is 6.63. The predicted octanol–water partition coefficient (Wildman–Crippen LogP) is 2.20. The minimum absolute atomic E-state index is 0. The highest BCUT2D eigenvalue weighted by atomic mass is 35.5. The molecule has 0 spiro atoms. The number of rotatable bonds is 5. The molecule has 2 saturated heterocycles. The van der Waals surface area contributed by atoms with E-state index in [9.17, 15) is 4.79 Å². The molecule has 136 valence electrons. The number of amides is 1. The Bertz CT molecular complexity index is 718. The molecule has 25 heavy (non-hydrogen) atoms. The fourth-order valence-electron chi connectivity index (χ4n) is 3.78. The maximum absolute atomic E-state index is 12.7. The monoisotopic (exact) mass is 381 g/mol. The summed E-state index contributed by atoms with van der Waals surface area (Å²) in [5, 5.41) is 9.60. The van der Waals surface area contributed by atoms with Crippen molar-refractivity contribution in [2.24, 2.45) is 5.92 Å². The number of carbonyl (C=O) groups is 1. The molecule has 0 radical (unpaired) electrons. The third-order valence-corrected chi connectivity index (χ3v) is 5.90. The van der Waals surface area contributed by atoms with E-state index in [0.29, 0.717) is 5.92 Å². The van der Waals surface area contributed by atoms with E-state index in [1.165, 1.54) is 6.42 Å². The smallest absolute Gasteiger partial charge is 0.242 e. The maximum atomic E-state index is 12.7. The topological polar surface area (TPSA) is 70.2 Å². The van der Waals surface area contributed by atoms with Crippen LogP contribution in [0.3, 0.4) is 0 Å². The van der Waals surface area contributed by atoms with Crippen LogP contribution in [0.15, 0.2) is 17.8 Å². The van der Waals surface area contributed by atoms with Gasteiger partial charge in [-0.15, -0.1) is 23.7 Å². The number of thiophene rings is 1. The van der Waals surface area contributed by atoms with Crippen molar-refractivity contribution < 1.29 is 4.79 Å². The molecular weight excluding hydrogens is 358 g/mol. The fourth-order valence-corrected chi connectivity index (χ4v) is 4.50. The number of hydrogen-bond donors (Lipinski definition) is 2. The first-order valence-electron chi connectivity index (χ1n) is 8.76. The molecule has 8 heteroatoms. The number of nitrogens with zero attached hydrogens (tertiary/aromatic N) is 3. The summed E-state index contributed by atoms with van der Waals surface area (Å²) in [7, 11) is 0. The van der Waals surface area contributed by atoms with Gasteiger partial charge in [-0.05, 0) is 56.1 Å². The lowest BCUT2D eigenvalue weighted by Gasteiger charge is -2.25. The Kier molecular flexibility index (Phi) is 6.09. The van der Waals surface area contributed by atoms with Crippen molar-refractivity contribution >= 4 is 45.7 Å². The van der Waals surface area contributed by atoms with Gasteiger partial charge in [0.15, 0.2) is 0 Å². The number of hydrogen-bond acceptors (Lipinski definition) is 6. The third kappa shape index (κ3) is 3.88. The van der Waals surface area contributed by atoms with Crippen LogP contribution in [0.25, 0.3) is 10.2 Å². The van der Waals surface area contributed by atoms with Gasteiger partial charge in [-0.2, -0.15) is 0 Å². The molecule has 2 unspecified atom stereocenters. The third-order valence-electron chi connectivity index (χ3n) is 5.08. The molecule has 2 aliphatic heterocycles. The molecule has 6 nitrogen and oxygen atoms in total. The summed E-state index contributed by atoms with van der Waals surface area (Å²) in [5.41, 5.74) is 0. The molecule has 0 bridgehead atoms. The lowest BCUT2D eigenvalue weighted by atomic mass is 10.1. The van der Waals surface area contributed by atoms with Crippen molar-refractivity contribution in [3.05, 3.63) is 17.8 Å². The van der Waals surface area contributed by atoms with Gasteiger partial charge in [-0.1, -0.05) is 0 Å². The van der Waals surface area contributed by atoms with E-state index >= 15 is 0 Å². The van der Waals surface area contributed by atoms with Crippen LogP contribution in [-0.2, 0) is 4.79 Å². The van der Waals surface area contributed by atoms with Crippen LogP contribution in [-0.4, -0.2) is 48.1 Å². The first-order valence-corrected chi connectivity index (χ1v) is 9.64. The highest BCUT2D eigenvalue weighted by molar-refractivity contribution is 7.16. The molecule has 2 atom stereocenters. The van der Waals surface area contributed by atoms with Gasteiger partial charge >= 0.3 is 0 Å².